The summed E-state index contributed by atoms with van der Waals surface area (Å²) in [5.41, 5.74) is 1.01. The van der Waals surface area contributed by atoms with Crippen LogP contribution in [-0.2, 0) is 4.79 Å². The number of aromatic nitrogens is 1. The van der Waals surface area contributed by atoms with Crippen LogP contribution in [0.4, 0.5) is 11.4 Å². The number of H-pyrrole nitrogens is 1. The largest absolute Gasteiger partial charge is 0.477 e. The summed E-state index contributed by atoms with van der Waals surface area (Å²) in [5, 5.41) is 9.16. The Kier molecular flexibility index (Phi) is 2.61. The lowest BCUT2D eigenvalue weighted by molar-refractivity contribution is -0.116. The summed E-state index contributed by atoms with van der Waals surface area (Å²) >= 11 is 0. The molecular weight excluding hydrogens is 234 g/mol. The van der Waals surface area contributed by atoms with E-state index in [4.69, 9.17) is 5.11 Å². The van der Waals surface area contributed by atoms with Crippen molar-refractivity contribution >= 4 is 23.3 Å². The lowest BCUT2D eigenvalue weighted by Crippen LogP contribution is -2.55. The molecule has 0 aromatic carbocycles. The molecule has 1 aromatic rings. The number of carboxylic acids is 1. The summed E-state index contributed by atoms with van der Waals surface area (Å²) in [6.45, 7) is 5.94. The number of anilines is 2. The van der Waals surface area contributed by atoms with Crippen molar-refractivity contribution in [3.8, 4) is 0 Å². The molecule has 98 valence electrons. The van der Waals surface area contributed by atoms with Crippen LogP contribution in [0.1, 0.15) is 31.3 Å². The number of nitrogens with zero attached hydrogens (tertiary/aromatic N) is 2. The molecule has 0 bridgehead atoms. The van der Waals surface area contributed by atoms with E-state index in [0.29, 0.717) is 12.2 Å². The van der Waals surface area contributed by atoms with E-state index in [9.17, 15) is 9.59 Å². The molecule has 18 heavy (non-hydrogen) atoms. The van der Waals surface area contributed by atoms with Crippen LogP contribution in [0.25, 0.3) is 0 Å². The number of aromatic amines is 1. The van der Waals surface area contributed by atoms with Gasteiger partial charge < -0.3 is 19.9 Å². The maximum Gasteiger partial charge on any atom is 0.354 e. The highest BCUT2D eigenvalue weighted by Gasteiger charge is 2.39. The topological polar surface area (TPSA) is 76.6 Å². The van der Waals surface area contributed by atoms with Gasteiger partial charge in [0.15, 0.2) is 5.69 Å². The molecule has 1 aliphatic heterocycles. The zero-order valence-corrected chi connectivity index (χ0v) is 10.9. The van der Waals surface area contributed by atoms with Gasteiger partial charge in [-0.3, -0.25) is 4.79 Å². The van der Waals surface area contributed by atoms with Gasteiger partial charge in [0, 0.05) is 26.7 Å². The van der Waals surface area contributed by atoms with Crippen LogP contribution in [0.15, 0.2) is 6.20 Å². The number of hydrogen-bond acceptors (Lipinski definition) is 3. The van der Waals surface area contributed by atoms with Crippen LogP contribution < -0.4 is 9.80 Å². The molecule has 0 saturated carbocycles. The number of amides is 1. The molecular formula is C12H17N3O3. The van der Waals surface area contributed by atoms with Gasteiger partial charge in [0.1, 0.15) is 5.69 Å². The standard InChI is InChI=1S/C12H17N3O3/c1-7(16)15-6-12(2,3)14(4)8-5-13-9(10(8)15)11(17)18/h5,13H,6H2,1-4H3,(H,17,18). The van der Waals surface area contributed by atoms with Gasteiger partial charge in [0.05, 0.1) is 11.2 Å². The smallest absolute Gasteiger partial charge is 0.354 e. The lowest BCUT2D eigenvalue weighted by Gasteiger charge is -2.45. The van der Waals surface area contributed by atoms with Gasteiger partial charge in [0.25, 0.3) is 0 Å². The third-order valence-corrected chi connectivity index (χ3v) is 3.51. The van der Waals surface area contributed by atoms with E-state index >= 15 is 0 Å². The molecule has 1 aliphatic rings. The number of carbonyl (C=O) groups excluding carboxylic acids is 1. The Labute approximate surface area is 105 Å². The van der Waals surface area contributed by atoms with Crippen molar-refractivity contribution in [3.63, 3.8) is 0 Å². The van der Waals surface area contributed by atoms with E-state index in [2.05, 4.69) is 4.98 Å². The quantitative estimate of drug-likeness (QED) is 0.788. The van der Waals surface area contributed by atoms with Gasteiger partial charge in [-0.1, -0.05) is 0 Å². The monoisotopic (exact) mass is 251 g/mol. The molecule has 1 amide bonds. The van der Waals surface area contributed by atoms with Crippen LogP contribution in [0.5, 0.6) is 0 Å². The van der Waals surface area contributed by atoms with E-state index in [1.54, 1.807) is 6.20 Å². The van der Waals surface area contributed by atoms with Crippen molar-refractivity contribution < 1.29 is 14.7 Å². The second kappa shape index (κ2) is 3.76. The number of fused-ring (bicyclic) bond motifs is 1. The fraction of sp³-hybridized carbons (Fsp3) is 0.500. The molecule has 0 unspecified atom stereocenters. The molecule has 0 radical (unpaired) electrons. The Morgan fingerprint density at radius 3 is 2.56 bits per heavy atom. The number of likely N-dealkylation sites (N-methyl/N-ethyl adjacent to an activating group) is 1. The number of aromatic carboxylic acids is 1. The molecule has 0 aliphatic carbocycles. The van der Waals surface area contributed by atoms with Gasteiger partial charge >= 0.3 is 5.97 Å². The summed E-state index contributed by atoms with van der Waals surface area (Å²) in [6, 6.07) is 0. The first-order valence-corrected chi connectivity index (χ1v) is 5.72. The van der Waals surface area contributed by atoms with Gasteiger partial charge in [0.2, 0.25) is 5.91 Å². The number of nitrogens with one attached hydrogen (secondary N) is 1. The Hall–Kier alpha value is -1.98. The van der Waals surface area contributed by atoms with Crippen LogP contribution in [0.2, 0.25) is 0 Å². The summed E-state index contributed by atoms with van der Waals surface area (Å²) in [7, 11) is 1.90. The molecule has 6 heteroatoms. The highest BCUT2D eigenvalue weighted by molar-refractivity contribution is 6.05. The van der Waals surface area contributed by atoms with Crippen LogP contribution in [0.3, 0.4) is 0 Å². The van der Waals surface area contributed by atoms with Gasteiger partial charge in [-0.05, 0) is 13.8 Å². The summed E-state index contributed by atoms with van der Waals surface area (Å²) in [5.74, 6) is -1.21. The third-order valence-electron chi connectivity index (χ3n) is 3.51. The zero-order chi connectivity index (χ0) is 13.7. The highest BCUT2D eigenvalue weighted by atomic mass is 16.4. The fourth-order valence-electron chi connectivity index (χ4n) is 2.26. The van der Waals surface area contributed by atoms with Gasteiger partial charge in [-0.2, -0.15) is 0 Å². The van der Waals surface area contributed by atoms with Crippen molar-refractivity contribution in [2.24, 2.45) is 0 Å². The molecule has 2 N–H and O–H groups in total. The Morgan fingerprint density at radius 1 is 1.44 bits per heavy atom. The zero-order valence-electron chi connectivity index (χ0n) is 10.9. The highest BCUT2D eigenvalue weighted by Crippen LogP contribution is 2.41. The number of rotatable bonds is 1. The van der Waals surface area contributed by atoms with Crippen LogP contribution >= 0.6 is 0 Å². The van der Waals surface area contributed by atoms with Crippen molar-refractivity contribution in [2.75, 3.05) is 23.4 Å². The van der Waals surface area contributed by atoms with E-state index < -0.39 is 5.97 Å². The van der Waals surface area contributed by atoms with E-state index in [-0.39, 0.29) is 17.1 Å². The third kappa shape index (κ3) is 1.64. The van der Waals surface area contributed by atoms with E-state index in [0.717, 1.165) is 5.69 Å². The molecule has 1 aromatic heterocycles. The minimum absolute atomic E-state index is 0.0579. The first kappa shape index (κ1) is 12.5. The Bertz CT molecular complexity index is 519. The normalized spacial score (nSPS) is 17.6. The molecule has 0 spiro atoms. The lowest BCUT2D eigenvalue weighted by atomic mass is 9.97. The summed E-state index contributed by atoms with van der Waals surface area (Å²) < 4.78 is 0. The van der Waals surface area contributed by atoms with Crippen LogP contribution in [-0.4, -0.2) is 41.1 Å². The molecule has 0 atom stereocenters. The SMILES string of the molecule is CC(=O)N1CC(C)(C)N(C)c2c[nH]c(C(=O)O)c21. The minimum Gasteiger partial charge on any atom is -0.477 e. The first-order valence-electron chi connectivity index (χ1n) is 5.72. The molecule has 0 saturated heterocycles. The maximum atomic E-state index is 11.7. The maximum absolute atomic E-state index is 11.7. The summed E-state index contributed by atoms with van der Waals surface area (Å²) in [6.07, 6.45) is 1.63. The number of hydrogen-bond donors (Lipinski definition) is 2. The van der Waals surface area contributed by atoms with Gasteiger partial charge in [-0.25, -0.2) is 4.79 Å². The summed E-state index contributed by atoms with van der Waals surface area (Å²) in [4.78, 5) is 29.2. The Morgan fingerprint density at radius 2 is 2.06 bits per heavy atom. The predicted molar refractivity (Wildman–Crippen MR) is 68.3 cm³/mol. The van der Waals surface area contributed by atoms with Gasteiger partial charge in [-0.15, -0.1) is 0 Å². The molecule has 0 fully saturated rings. The number of carbonyl (C=O) groups is 2. The Balaban J connectivity index is 2.63. The minimum atomic E-state index is -1.06. The first-order chi connectivity index (χ1) is 8.25. The second-order valence-corrected chi connectivity index (χ2v) is 5.18. The average molecular weight is 251 g/mol. The van der Waals surface area contributed by atoms with E-state index in [1.165, 1.54) is 11.8 Å². The molecule has 2 rings (SSSR count). The van der Waals surface area contributed by atoms with Crippen molar-refractivity contribution in [3.05, 3.63) is 11.9 Å². The fourth-order valence-corrected chi connectivity index (χ4v) is 2.26. The van der Waals surface area contributed by atoms with Crippen molar-refractivity contribution in [1.82, 2.24) is 4.98 Å². The van der Waals surface area contributed by atoms with Crippen molar-refractivity contribution in [2.45, 2.75) is 26.3 Å². The second-order valence-electron chi connectivity index (χ2n) is 5.18. The van der Waals surface area contributed by atoms with Crippen LogP contribution in [0, 0.1) is 0 Å². The molecule has 6 nitrogen and oxygen atoms in total. The average Bonchev–Trinajstić information content (AvgIpc) is 2.67. The molecule has 2 heterocycles. The number of carboxylic acid groups (broad SMARTS) is 1. The predicted octanol–water partition coefficient (Wildman–Crippen LogP) is 1.29. The van der Waals surface area contributed by atoms with E-state index in [1.807, 2.05) is 25.8 Å². The van der Waals surface area contributed by atoms with Crippen molar-refractivity contribution in [1.29, 1.82) is 0 Å².